The quantitative estimate of drug-likeness (QED) is 0.545. The number of aliphatic hydroxyl groups excluding tert-OH is 1. The fourth-order valence-electron chi connectivity index (χ4n) is 5.50. The number of hydrogen-bond donors (Lipinski definition) is 3. The van der Waals surface area contributed by atoms with Crippen molar-refractivity contribution in [2.45, 2.75) is 62.9 Å². The van der Waals surface area contributed by atoms with Crippen LogP contribution < -0.4 is 15.4 Å². The summed E-state index contributed by atoms with van der Waals surface area (Å²) in [6.07, 6.45) is 1.06. The minimum absolute atomic E-state index is 0.0102. The SMILES string of the molecule is C[C@@H](NC(=O)C[C@@H]1C[C@@H]2c3cc(NC(=O)C4CCOCC4)ccc3O[C@@H]2[C@H](CO)O1)c1ccccc1. The Morgan fingerprint density at radius 2 is 1.89 bits per heavy atom. The van der Waals surface area contributed by atoms with Crippen LogP contribution in [0.15, 0.2) is 48.5 Å². The molecule has 0 radical (unpaired) electrons. The highest BCUT2D eigenvalue weighted by Gasteiger charge is 2.46. The van der Waals surface area contributed by atoms with Crippen LogP contribution in [0, 0.1) is 5.92 Å². The van der Waals surface area contributed by atoms with E-state index < -0.39 is 6.10 Å². The first kappa shape index (κ1) is 24.7. The van der Waals surface area contributed by atoms with Crippen LogP contribution in [-0.4, -0.2) is 55.1 Å². The predicted octanol–water partition coefficient (Wildman–Crippen LogP) is 3.31. The largest absolute Gasteiger partial charge is 0.487 e. The Kier molecular flexibility index (Phi) is 7.55. The number of benzene rings is 2. The molecule has 3 heterocycles. The molecule has 2 fully saturated rings. The molecule has 3 aliphatic rings. The van der Waals surface area contributed by atoms with Crippen molar-refractivity contribution in [3.8, 4) is 5.75 Å². The van der Waals surface area contributed by atoms with Crippen LogP contribution in [0.1, 0.15) is 55.7 Å². The molecule has 8 heteroatoms. The fourth-order valence-corrected chi connectivity index (χ4v) is 5.50. The molecule has 2 amide bonds. The zero-order chi connectivity index (χ0) is 25.1. The molecule has 0 aliphatic carbocycles. The predicted molar refractivity (Wildman–Crippen MR) is 134 cm³/mol. The van der Waals surface area contributed by atoms with Gasteiger partial charge in [0.2, 0.25) is 11.8 Å². The molecule has 0 aromatic heterocycles. The van der Waals surface area contributed by atoms with Crippen molar-refractivity contribution in [1.82, 2.24) is 5.32 Å². The number of nitrogens with one attached hydrogen (secondary N) is 2. The molecule has 5 rings (SSSR count). The molecule has 3 aliphatic heterocycles. The Morgan fingerprint density at radius 3 is 2.64 bits per heavy atom. The van der Waals surface area contributed by atoms with E-state index in [4.69, 9.17) is 14.2 Å². The van der Waals surface area contributed by atoms with Gasteiger partial charge in [-0.25, -0.2) is 0 Å². The Hall–Kier alpha value is -2.94. The van der Waals surface area contributed by atoms with E-state index in [1.165, 1.54) is 0 Å². The van der Waals surface area contributed by atoms with Gasteiger partial charge in [0.05, 0.1) is 25.2 Å². The summed E-state index contributed by atoms with van der Waals surface area (Å²) in [5.41, 5.74) is 2.75. The average molecular weight is 495 g/mol. The summed E-state index contributed by atoms with van der Waals surface area (Å²) >= 11 is 0. The molecular formula is C28H34N2O6. The first-order valence-corrected chi connectivity index (χ1v) is 12.8. The second-order valence-electron chi connectivity index (χ2n) is 9.94. The lowest BCUT2D eigenvalue weighted by Crippen LogP contribution is -2.47. The van der Waals surface area contributed by atoms with E-state index in [0.717, 1.165) is 35.4 Å². The summed E-state index contributed by atoms with van der Waals surface area (Å²) in [6.45, 7) is 2.99. The number of aliphatic hydroxyl groups is 1. The van der Waals surface area contributed by atoms with Crippen LogP contribution in [0.2, 0.25) is 0 Å². The molecule has 192 valence electrons. The van der Waals surface area contributed by atoms with E-state index in [0.29, 0.717) is 19.6 Å². The van der Waals surface area contributed by atoms with E-state index in [1.807, 2.05) is 55.5 Å². The van der Waals surface area contributed by atoms with Crippen molar-refractivity contribution in [3.05, 3.63) is 59.7 Å². The molecule has 0 bridgehead atoms. The molecule has 3 N–H and O–H groups in total. The first-order chi connectivity index (χ1) is 17.5. The lowest BCUT2D eigenvalue weighted by atomic mass is 9.84. The Morgan fingerprint density at radius 1 is 1.11 bits per heavy atom. The van der Waals surface area contributed by atoms with Gasteiger partial charge in [0.1, 0.15) is 18.0 Å². The number of amides is 2. The van der Waals surface area contributed by atoms with Crippen molar-refractivity contribution < 1.29 is 28.9 Å². The number of anilines is 1. The highest BCUT2D eigenvalue weighted by molar-refractivity contribution is 5.92. The molecule has 0 spiro atoms. The smallest absolute Gasteiger partial charge is 0.227 e. The van der Waals surface area contributed by atoms with Gasteiger partial charge >= 0.3 is 0 Å². The number of carbonyl (C=O) groups excluding carboxylic acids is 2. The van der Waals surface area contributed by atoms with Crippen LogP contribution in [0.5, 0.6) is 5.75 Å². The molecule has 0 unspecified atom stereocenters. The van der Waals surface area contributed by atoms with E-state index >= 15 is 0 Å². The monoisotopic (exact) mass is 494 g/mol. The number of hydrogen-bond acceptors (Lipinski definition) is 6. The van der Waals surface area contributed by atoms with Gasteiger partial charge in [0, 0.05) is 36.3 Å². The summed E-state index contributed by atoms with van der Waals surface area (Å²) < 4.78 is 17.6. The number of rotatable bonds is 7. The van der Waals surface area contributed by atoms with Crippen LogP contribution in [0.4, 0.5) is 5.69 Å². The van der Waals surface area contributed by atoms with Gasteiger partial charge in [-0.2, -0.15) is 0 Å². The maximum Gasteiger partial charge on any atom is 0.227 e. The molecule has 2 saturated heterocycles. The second-order valence-corrected chi connectivity index (χ2v) is 9.94. The lowest BCUT2D eigenvalue weighted by Gasteiger charge is -2.37. The van der Waals surface area contributed by atoms with Gasteiger partial charge in [-0.3, -0.25) is 9.59 Å². The van der Waals surface area contributed by atoms with Crippen molar-refractivity contribution >= 4 is 17.5 Å². The third-order valence-corrected chi connectivity index (χ3v) is 7.45. The maximum atomic E-state index is 12.8. The van der Waals surface area contributed by atoms with Crippen molar-refractivity contribution in [2.24, 2.45) is 5.92 Å². The molecular weight excluding hydrogens is 460 g/mol. The number of carbonyl (C=O) groups is 2. The van der Waals surface area contributed by atoms with E-state index in [1.54, 1.807) is 0 Å². The third-order valence-electron chi connectivity index (χ3n) is 7.45. The van der Waals surface area contributed by atoms with E-state index in [9.17, 15) is 14.7 Å². The summed E-state index contributed by atoms with van der Waals surface area (Å²) in [6, 6.07) is 15.4. The van der Waals surface area contributed by atoms with Crippen molar-refractivity contribution in [2.75, 3.05) is 25.1 Å². The first-order valence-electron chi connectivity index (χ1n) is 12.8. The van der Waals surface area contributed by atoms with E-state index in [2.05, 4.69) is 10.6 Å². The lowest BCUT2D eigenvalue weighted by molar-refractivity contribution is -0.142. The Balaban J connectivity index is 1.25. The normalized spacial score (nSPS) is 26.3. The zero-order valence-corrected chi connectivity index (χ0v) is 20.5. The Labute approximate surface area is 211 Å². The Bertz CT molecular complexity index is 1070. The van der Waals surface area contributed by atoms with E-state index in [-0.39, 0.29) is 54.9 Å². The van der Waals surface area contributed by atoms with Crippen LogP contribution in [-0.2, 0) is 19.1 Å². The third kappa shape index (κ3) is 5.40. The number of ether oxygens (including phenoxy) is 3. The topological polar surface area (TPSA) is 106 Å². The van der Waals surface area contributed by atoms with Gasteiger partial charge < -0.3 is 30.0 Å². The van der Waals surface area contributed by atoms with Gasteiger partial charge in [0.15, 0.2) is 0 Å². The highest BCUT2D eigenvalue weighted by atomic mass is 16.6. The molecule has 5 atom stereocenters. The standard InChI is InChI=1S/C28H34N2O6/c1-17(18-5-3-2-4-6-18)29-26(32)15-21-14-23-22-13-20(30-28(33)19-9-11-34-12-10-19)7-8-24(22)36-27(23)25(16-31)35-21/h2-8,13,17,19,21,23,25,27,31H,9-12,14-16H2,1H3,(H,29,32)(H,30,33)/t17-,21+,23-,25+,27+/m1/s1. The maximum absolute atomic E-state index is 12.8. The van der Waals surface area contributed by atoms with Crippen LogP contribution >= 0.6 is 0 Å². The van der Waals surface area contributed by atoms with Crippen molar-refractivity contribution in [1.29, 1.82) is 0 Å². The minimum atomic E-state index is -0.527. The van der Waals surface area contributed by atoms with Gasteiger partial charge in [0.25, 0.3) is 0 Å². The van der Waals surface area contributed by atoms with Gasteiger partial charge in [-0.1, -0.05) is 30.3 Å². The van der Waals surface area contributed by atoms with Crippen LogP contribution in [0.25, 0.3) is 0 Å². The van der Waals surface area contributed by atoms with Crippen LogP contribution in [0.3, 0.4) is 0 Å². The minimum Gasteiger partial charge on any atom is -0.487 e. The average Bonchev–Trinajstić information content (AvgIpc) is 3.27. The second kappa shape index (κ2) is 11.0. The molecule has 0 saturated carbocycles. The van der Waals surface area contributed by atoms with Gasteiger partial charge in [-0.05, 0) is 49.9 Å². The van der Waals surface area contributed by atoms with Gasteiger partial charge in [-0.15, -0.1) is 0 Å². The van der Waals surface area contributed by atoms with Crippen molar-refractivity contribution in [3.63, 3.8) is 0 Å². The molecule has 2 aromatic carbocycles. The summed E-state index contributed by atoms with van der Waals surface area (Å²) in [5, 5.41) is 16.1. The fraction of sp³-hybridized carbons (Fsp3) is 0.500. The summed E-state index contributed by atoms with van der Waals surface area (Å²) in [4.78, 5) is 25.5. The number of fused-ring (bicyclic) bond motifs is 3. The molecule has 8 nitrogen and oxygen atoms in total. The highest BCUT2D eigenvalue weighted by Crippen LogP contribution is 2.47. The molecule has 2 aromatic rings. The summed E-state index contributed by atoms with van der Waals surface area (Å²) in [5.74, 6) is 0.576. The molecule has 36 heavy (non-hydrogen) atoms. The zero-order valence-electron chi connectivity index (χ0n) is 20.5. The summed E-state index contributed by atoms with van der Waals surface area (Å²) in [7, 11) is 0.